The van der Waals surface area contributed by atoms with Crippen LogP contribution in [0.2, 0.25) is 0 Å². The minimum Gasteiger partial charge on any atom is -0.332 e. The van der Waals surface area contributed by atoms with Gasteiger partial charge in [0.1, 0.15) is 12.1 Å². The Labute approximate surface area is 143 Å². The van der Waals surface area contributed by atoms with Gasteiger partial charge in [-0.1, -0.05) is 30.3 Å². The number of carbonyl (C=O) groups is 2. The average molecular weight is 327 g/mol. The molecule has 0 bridgehead atoms. The van der Waals surface area contributed by atoms with Crippen molar-refractivity contribution in [1.29, 1.82) is 0 Å². The standard InChI is InChI=1S/C19H25N3O2/c1-20-16(11-14-5-3-2-4-6-14)19(24)22-10-9-21(12-15-7-8-15)13-17(22)18(20)23/h2-6,15-17H,7-13H2,1H3/t16-,17+/m0/s1. The summed E-state index contributed by atoms with van der Waals surface area (Å²) >= 11 is 0. The Balaban J connectivity index is 1.48. The molecule has 2 heterocycles. The van der Waals surface area contributed by atoms with Crippen LogP contribution in [-0.2, 0) is 16.0 Å². The van der Waals surface area contributed by atoms with Crippen molar-refractivity contribution in [3.05, 3.63) is 35.9 Å². The van der Waals surface area contributed by atoms with Crippen molar-refractivity contribution in [2.75, 3.05) is 33.2 Å². The molecule has 3 fully saturated rings. The predicted octanol–water partition coefficient (Wildman–Crippen LogP) is 0.993. The predicted molar refractivity (Wildman–Crippen MR) is 91.4 cm³/mol. The smallest absolute Gasteiger partial charge is 0.247 e. The highest BCUT2D eigenvalue weighted by Crippen LogP contribution is 2.31. The van der Waals surface area contributed by atoms with Crippen LogP contribution in [-0.4, -0.2) is 71.8 Å². The molecule has 1 aromatic rings. The Morgan fingerprint density at radius 1 is 1.04 bits per heavy atom. The van der Waals surface area contributed by atoms with E-state index in [0.29, 0.717) is 19.5 Å². The minimum absolute atomic E-state index is 0.0935. The molecule has 1 aliphatic carbocycles. The number of rotatable bonds is 4. The second-order valence-electron chi connectivity index (χ2n) is 7.41. The third kappa shape index (κ3) is 2.93. The normalized spacial score (nSPS) is 28.2. The summed E-state index contributed by atoms with van der Waals surface area (Å²) in [5, 5.41) is 0. The van der Waals surface area contributed by atoms with E-state index >= 15 is 0 Å². The molecule has 2 atom stereocenters. The van der Waals surface area contributed by atoms with E-state index in [-0.39, 0.29) is 23.9 Å². The first-order valence-corrected chi connectivity index (χ1v) is 8.97. The first-order valence-electron chi connectivity index (χ1n) is 8.97. The van der Waals surface area contributed by atoms with Gasteiger partial charge in [-0.15, -0.1) is 0 Å². The monoisotopic (exact) mass is 327 g/mol. The number of amides is 2. The van der Waals surface area contributed by atoms with E-state index in [0.717, 1.165) is 24.6 Å². The van der Waals surface area contributed by atoms with Crippen LogP contribution in [0.1, 0.15) is 18.4 Å². The molecule has 1 aromatic carbocycles. The molecule has 2 saturated heterocycles. The maximum Gasteiger partial charge on any atom is 0.247 e. The van der Waals surface area contributed by atoms with Gasteiger partial charge >= 0.3 is 0 Å². The fourth-order valence-corrected chi connectivity index (χ4v) is 3.95. The summed E-state index contributed by atoms with van der Waals surface area (Å²) in [6.45, 7) is 3.36. The topological polar surface area (TPSA) is 43.9 Å². The first kappa shape index (κ1) is 15.6. The zero-order valence-corrected chi connectivity index (χ0v) is 14.2. The van der Waals surface area contributed by atoms with Gasteiger partial charge < -0.3 is 9.80 Å². The molecule has 128 valence electrons. The van der Waals surface area contributed by atoms with Crippen LogP contribution in [0, 0.1) is 5.92 Å². The van der Waals surface area contributed by atoms with Crippen LogP contribution in [0.5, 0.6) is 0 Å². The van der Waals surface area contributed by atoms with Gasteiger partial charge in [0.2, 0.25) is 11.8 Å². The van der Waals surface area contributed by atoms with Gasteiger partial charge in [-0.2, -0.15) is 0 Å². The van der Waals surface area contributed by atoms with Crippen LogP contribution < -0.4 is 0 Å². The molecule has 0 radical (unpaired) electrons. The maximum absolute atomic E-state index is 13.0. The highest BCUT2D eigenvalue weighted by molar-refractivity contribution is 5.97. The van der Waals surface area contributed by atoms with E-state index < -0.39 is 0 Å². The number of fused-ring (bicyclic) bond motifs is 1. The fourth-order valence-electron chi connectivity index (χ4n) is 3.95. The van der Waals surface area contributed by atoms with Crippen molar-refractivity contribution in [1.82, 2.24) is 14.7 Å². The first-order chi connectivity index (χ1) is 11.6. The summed E-state index contributed by atoms with van der Waals surface area (Å²) < 4.78 is 0. The molecule has 1 saturated carbocycles. The van der Waals surface area contributed by atoms with Gasteiger partial charge in [0.05, 0.1) is 0 Å². The second-order valence-corrected chi connectivity index (χ2v) is 7.41. The van der Waals surface area contributed by atoms with Gasteiger partial charge in [-0.3, -0.25) is 14.5 Å². The molecule has 0 N–H and O–H groups in total. The van der Waals surface area contributed by atoms with Gasteiger partial charge in [-0.25, -0.2) is 0 Å². The number of piperazine rings is 2. The van der Waals surface area contributed by atoms with Crippen LogP contribution in [0.15, 0.2) is 30.3 Å². The molecule has 2 amide bonds. The van der Waals surface area contributed by atoms with Gasteiger partial charge in [0.15, 0.2) is 0 Å². The number of benzene rings is 1. The Morgan fingerprint density at radius 2 is 1.79 bits per heavy atom. The Hall–Kier alpha value is -1.88. The molecule has 0 aromatic heterocycles. The number of nitrogens with zero attached hydrogens (tertiary/aromatic N) is 3. The van der Waals surface area contributed by atoms with E-state index in [1.165, 1.54) is 12.8 Å². The second kappa shape index (κ2) is 6.20. The molecule has 3 aliphatic rings. The Kier molecular flexibility index (Phi) is 4.04. The third-order valence-corrected chi connectivity index (χ3v) is 5.62. The SMILES string of the molecule is CN1C(=O)[C@H]2CN(CC3CC3)CCN2C(=O)[C@@H]1Cc1ccccc1. The Bertz CT molecular complexity index is 629. The van der Waals surface area contributed by atoms with Gasteiger partial charge in [0, 0.05) is 39.6 Å². The summed E-state index contributed by atoms with van der Waals surface area (Å²) in [6, 6.07) is 9.30. The largest absolute Gasteiger partial charge is 0.332 e. The lowest BCUT2D eigenvalue weighted by molar-refractivity contribution is -0.163. The highest BCUT2D eigenvalue weighted by Gasteiger charge is 2.46. The summed E-state index contributed by atoms with van der Waals surface area (Å²) in [4.78, 5) is 31.7. The molecular weight excluding hydrogens is 302 g/mol. The molecule has 4 rings (SSSR count). The van der Waals surface area contributed by atoms with Crippen LogP contribution in [0.3, 0.4) is 0 Å². The fraction of sp³-hybridized carbons (Fsp3) is 0.579. The summed E-state index contributed by atoms with van der Waals surface area (Å²) in [7, 11) is 1.78. The highest BCUT2D eigenvalue weighted by atomic mass is 16.2. The molecule has 5 heteroatoms. The van der Waals surface area contributed by atoms with Crippen molar-refractivity contribution in [3.63, 3.8) is 0 Å². The van der Waals surface area contributed by atoms with Crippen LogP contribution in [0.25, 0.3) is 0 Å². The van der Waals surface area contributed by atoms with Crippen molar-refractivity contribution < 1.29 is 9.59 Å². The summed E-state index contributed by atoms with van der Waals surface area (Å²) in [6.07, 6.45) is 3.23. The number of hydrogen-bond donors (Lipinski definition) is 0. The maximum atomic E-state index is 13.0. The van der Waals surface area contributed by atoms with E-state index in [4.69, 9.17) is 0 Å². The molecule has 2 aliphatic heterocycles. The van der Waals surface area contributed by atoms with E-state index in [2.05, 4.69) is 4.90 Å². The molecule has 0 unspecified atom stereocenters. The van der Waals surface area contributed by atoms with Crippen molar-refractivity contribution in [3.8, 4) is 0 Å². The Morgan fingerprint density at radius 3 is 2.50 bits per heavy atom. The zero-order chi connectivity index (χ0) is 16.7. The quantitative estimate of drug-likeness (QED) is 0.828. The molecule has 5 nitrogen and oxygen atoms in total. The zero-order valence-electron chi connectivity index (χ0n) is 14.2. The average Bonchev–Trinajstić information content (AvgIpc) is 3.41. The lowest BCUT2D eigenvalue weighted by Gasteiger charge is -2.48. The van der Waals surface area contributed by atoms with E-state index in [1.807, 2.05) is 35.2 Å². The third-order valence-electron chi connectivity index (χ3n) is 5.62. The summed E-state index contributed by atoms with van der Waals surface area (Å²) in [5.74, 6) is 1.02. The van der Waals surface area contributed by atoms with Gasteiger partial charge in [0.25, 0.3) is 0 Å². The summed E-state index contributed by atoms with van der Waals surface area (Å²) in [5.41, 5.74) is 1.10. The molecular formula is C19H25N3O2. The van der Waals surface area contributed by atoms with Gasteiger partial charge in [-0.05, 0) is 24.3 Å². The van der Waals surface area contributed by atoms with Crippen LogP contribution in [0.4, 0.5) is 0 Å². The van der Waals surface area contributed by atoms with Crippen molar-refractivity contribution >= 4 is 11.8 Å². The van der Waals surface area contributed by atoms with Crippen LogP contribution >= 0.6 is 0 Å². The minimum atomic E-state index is -0.369. The number of likely N-dealkylation sites (N-methyl/N-ethyl adjacent to an activating group) is 1. The molecule has 0 spiro atoms. The van der Waals surface area contributed by atoms with Crippen molar-refractivity contribution in [2.45, 2.75) is 31.3 Å². The lowest BCUT2D eigenvalue weighted by Crippen LogP contribution is -2.69. The van der Waals surface area contributed by atoms with E-state index in [9.17, 15) is 9.59 Å². The molecule has 24 heavy (non-hydrogen) atoms. The number of carbonyl (C=O) groups excluding carboxylic acids is 2. The van der Waals surface area contributed by atoms with E-state index in [1.54, 1.807) is 11.9 Å². The van der Waals surface area contributed by atoms with Crippen molar-refractivity contribution in [2.24, 2.45) is 5.92 Å². The number of hydrogen-bond acceptors (Lipinski definition) is 3. The lowest BCUT2D eigenvalue weighted by atomic mass is 9.97.